The van der Waals surface area contributed by atoms with Crippen molar-refractivity contribution in [2.24, 2.45) is 5.28 Å². The number of rotatable bonds is 4. The van der Waals surface area contributed by atoms with E-state index in [9.17, 15) is 5.21 Å². The average molecular weight is 174 g/mol. The molecule has 0 aliphatic heterocycles. The van der Waals surface area contributed by atoms with Crippen molar-refractivity contribution in [2.75, 3.05) is 6.61 Å². The fraction of sp³-hybridized carbons (Fsp3) is 1.00. The highest BCUT2D eigenvalue weighted by molar-refractivity contribution is 4.53. The van der Waals surface area contributed by atoms with E-state index in [0.717, 1.165) is 12.8 Å². The molecular weight excluding hydrogens is 156 g/mol. The highest BCUT2D eigenvalue weighted by Gasteiger charge is 2.21. The summed E-state index contributed by atoms with van der Waals surface area (Å²) in [7, 11) is 0. The first-order valence-corrected chi connectivity index (χ1v) is 4.28. The van der Waals surface area contributed by atoms with Crippen LogP contribution in [0.25, 0.3) is 0 Å². The fourth-order valence-corrected chi connectivity index (χ4v) is 0.425. The molecule has 0 aromatic carbocycles. The minimum absolute atomic E-state index is 0.508. The summed E-state index contributed by atoms with van der Waals surface area (Å²) in [6.45, 7) is 7.93. The topological polar surface area (TPSA) is 47.7 Å². The van der Waals surface area contributed by atoms with Gasteiger partial charge in [0.15, 0.2) is 10.8 Å². The fourth-order valence-electron chi connectivity index (χ4n) is 0.425. The van der Waals surface area contributed by atoms with Crippen molar-refractivity contribution in [2.45, 2.75) is 46.1 Å². The van der Waals surface area contributed by atoms with E-state index in [4.69, 9.17) is 4.84 Å². The first kappa shape index (κ1) is 11.2. The van der Waals surface area contributed by atoms with Crippen molar-refractivity contribution in [1.29, 1.82) is 0 Å². The van der Waals surface area contributed by atoms with E-state index in [2.05, 4.69) is 12.2 Å². The lowest BCUT2D eigenvalue weighted by Gasteiger charge is -2.13. The van der Waals surface area contributed by atoms with Crippen LogP contribution in [-0.4, -0.2) is 17.0 Å². The molecule has 0 rings (SSSR count). The van der Waals surface area contributed by atoms with Crippen LogP contribution in [0.2, 0.25) is 0 Å². The lowest BCUT2D eigenvalue weighted by molar-refractivity contribution is -0.622. The van der Waals surface area contributed by atoms with Gasteiger partial charge in [-0.1, -0.05) is 18.2 Å². The van der Waals surface area contributed by atoms with E-state index >= 15 is 0 Å². The monoisotopic (exact) mass is 174 g/mol. The normalized spacial score (nSPS) is 13.2. The molecule has 0 atom stereocenters. The minimum Gasteiger partial charge on any atom is -0.597 e. The van der Waals surface area contributed by atoms with Gasteiger partial charge in [-0.2, -0.15) is 0 Å². The molecule has 0 aliphatic carbocycles. The van der Waals surface area contributed by atoms with E-state index in [1.54, 1.807) is 20.8 Å². The zero-order chi connectivity index (χ0) is 9.61. The molecule has 0 aromatic heterocycles. The maximum absolute atomic E-state index is 11.1. The van der Waals surface area contributed by atoms with Crippen LogP contribution in [0.15, 0.2) is 5.28 Å². The van der Waals surface area contributed by atoms with Gasteiger partial charge in [-0.05, 0) is 6.42 Å². The summed E-state index contributed by atoms with van der Waals surface area (Å²) >= 11 is 0. The molecule has 0 heterocycles. The van der Waals surface area contributed by atoms with Crippen molar-refractivity contribution >= 4 is 0 Å². The second-order valence-corrected chi connectivity index (χ2v) is 3.71. The largest absolute Gasteiger partial charge is 0.597 e. The van der Waals surface area contributed by atoms with Gasteiger partial charge in [0.2, 0.25) is 0 Å². The molecule has 72 valence electrons. The molecule has 0 aliphatic rings. The average Bonchev–Trinajstić information content (AvgIpc) is 1.96. The van der Waals surface area contributed by atoms with Gasteiger partial charge >= 0.3 is 0 Å². The van der Waals surface area contributed by atoms with Gasteiger partial charge in [0.25, 0.3) is 0 Å². The Morgan fingerprint density at radius 2 is 2.00 bits per heavy atom. The van der Waals surface area contributed by atoms with Gasteiger partial charge < -0.3 is 10.0 Å². The molecule has 0 aromatic rings. The molecule has 0 amide bonds. The highest BCUT2D eigenvalue weighted by atomic mass is 16.7. The first-order chi connectivity index (χ1) is 5.48. The third-order valence-corrected chi connectivity index (χ3v) is 1.29. The van der Waals surface area contributed by atoms with E-state index in [1.807, 2.05) is 0 Å². The standard InChI is InChI=1S/C8H18N2O2/c1-5-6-7-12-9-10(11)8(2,3)4/h5-7H2,1-4H3/b10-9-. The number of unbranched alkanes of at least 4 members (excludes halogenated alkanes) is 1. The molecule has 0 saturated heterocycles. The van der Waals surface area contributed by atoms with Crippen LogP contribution >= 0.6 is 0 Å². The van der Waals surface area contributed by atoms with Gasteiger partial charge in [0, 0.05) is 20.8 Å². The molecular formula is C8H18N2O2. The van der Waals surface area contributed by atoms with Crippen LogP contribution in [0.4, 0.5) is 0 Å². The van der Waals surface area contributed by atoms with Gasteiger partial charge in [-0.25, -0.2) is 0 Å². The van der Waals surface area contributed by atoms with E-state index in [-0.39, 0.29) is 0 Å². The summed E-state index contributed by atoms with van der Waals surface area (Å²) in [5, 5.41) is 14.5. The zero-order valence-corrected chi connectivity index (χ0v) is 8.33. The molecule has 0 spiro atoms. The number of nitrogens with zero attached hydrogens (tertiary/aromatic N) is 2. The second-order valence-electron chi connectivity index (χ2n) is 3.71. The lowest BCUT2D eigenvalue weighted by atomic mass is 10.1. The van der Waals surface area contributed by atoms with E-state index in [0.29, 0.717) is 11.5 Å². The molecule has 0 N–H and O–H groups in total. The summed E-state index contributed by atoms with van der Waals surface area (Å²) < 4.78 is 0. The molecule has 12 heavy (non-hydrogen) atoms. The van der Waals surface area contributed by atoms with E-state index in [1.165, 1.54) is 0 Å². The van der Waals surface area contributed by atoms with Crippen molar-refractivity contribution in [1.82, 2.24) is 0 Å². The maximum atomic E-state index is 11.1. The third-order valence-electron chi connectivity index (χ3n) is 1.29. The summed E-state index contributed by atoms with van der Waals surface area (Å²) in [6, 6.07) is 0. The van der Waals surface area contributed by atoms with Gasteiger partial charge in [-0.15, -0.1) is 0 Å². The SMILES string of the molecule is CCCCO/N=[N+](\[O-])C(C)(C)C. The molecule has 4 heteroatoms. The minimum atomic E-state index is -0.508. The van der Waals surface area contributed by atoms with Crippen molar-refractivity contribution in [3.8, 4) is 0 Å². The Hall–Kier alpha value is -0.800. The smallest absolute Gasteiger partial charge is 0.200 e. The van der Waals surface area contributed by atoms with Gasteiger partial charge in [-0.3, -0.25) is 0 Å². The van der Waals surface area contributed by atoms with Crippen LogP contribution in [-0.2, 0) is 4.84 Å². The third kappa shape index (κ3) is 4.93. The Balaban J connectivity index is 3.70. The maximum Gasteiger partial charge on any atom is 0.200 e. The number of hydrogen-bond donors (Lipinski definition) is 0. The second kappa shape index (κ2) is 4.95. The van der Waals surface area contributed by atoms with Gasteiger partial charge in [0.1, 0.15) is 6.61 Å². The lowest BCUT2D eigenvalue weighted by Crippen LogP contribution is -2.27. The summed E-state index contributed by atoms with van der Waals surface area (Å²) in [5.41, 5.74) is -0.508. The molecule has 0 bridgehead atoms. The van der Waals surface area contributed by atoms with Crippen LogP contribution in [0, 0.1) is 5.21 Å². The summed E-state index contributed by atoms with van der Waals surface area (Å²) in [6.07, 6.45) is 1.98. The predicted molar refractivity (Wildman–Crippen MR) is 46.7 cm³/mol. The van der Waals surface area contributed by atoms with Crippen LogP contribution in [0.1, 0.15) is 40.5 Å². The summed E-state index contributed by atoms with van der Waals surface area (Å²) in [5.74, 6) is 0. The first-order valence-electron chi connectivity index (χ1n) is 4.28. The quantitative estimate of drug-likeness (QED) is 0.284. The molecule has 0 fully saturated rings. The van der Waals surface area contributed by atoms with Crippen molar-refractivity contribution in [3.05, 3.63) is 5.21 Å². The molecule has 0 saturated carbocycles. The zero-order valence-electron chi connectivity index (χ0n) is 8.33. The van der Waals surface area contributed by atoms with Crippen molar-refractivity contribution in [3.63, 3.8) is 0 Å². The van der Waals surface area contributed by atoms with Gasteiger partial charge in [0.05, 0.1) is 0 Å². The van der Waals surface area contributed by atoms with Crippen LogP contribution in [0.5, 0.6) is 0 Å². The Bertz CT molecular complexity index is 150. The highest BCUT2D eigenvalue weighted by Crippen LogP contribution is 2.06. The Kier molecular flexibility index (Phi) is 4.62. The molecule has 0 unspecified atom stereocenters. The Morgan fingerprint density at radius 3 is 2.42 bits per heavy atom. The predicted octanol–water partition coefficient (Wildman–Crippen LogP) is 2.48. The Morgan fingerprint density at radius 1 is 1.42 bits per heavy atom. The van der Waals surface area contributed by atoms with Crippen molar-refractivity contribution < 1.29 is 9.70 Å². The number of hydrogen-bond acceptors (Lipinski definition) is 3. The molecule has 0 radical (unpaired) electrons. The number of hydroxylamine groups is 1. The van der Waals surface area contributed by atoms with E-state index < -0.39 is 5.54 Å². The Labute approximate surface area is 73.8 Å². The van der Waals surface area contributed by atoms with Crippen LogP contribution in [0.3, 0.4) is 0 Å². The van der Waals surface area contributed by atoms with Crippen LogP contribution < -0.4 is 0 Å². The summed E-state index contributed by atoms with van der Waals surface area (Å²) in [4.78, 5) is 5.39. The molecule has 4 nitrogen and oxygen atoms in total.